The highest BCUT2D eigenvalue weighted by Gasteiger charge is 2.29. The summed E-state index contributed by atoms with van der Waals surface area (Å²) in [6, 6.07) is 0. The summed E-state index contributed by atoms with van der Waals surface area (Å²) in [5.74, 6) is -1.26. The van der Waals surface area contributed by atoms with E-state index < -0.39 is 11.5 Å². The van der Waals surface area contributed by atoms with Crippen LogP contribution in [0.15, 0.2) is 0 Å². The number of hydrogen-bond acceptors (Lipinski definition) is 4. The average Bonchev–Trinajstić information content (AvgIpc) is 2.45. The highest BCUT2D eigenvalue weighted by molar-refractivity contribution is 5.87. The second-order valence-corrected chi connectivity index (χ2v) is 4.86. The van der Waals surface area contributed by atoms with Gasteiger partial charge in [-0.05, 0) is 33.4 Å². The fourth-order valence-corrected chi connectivity index (χ4v) is 1.70. The summed E-state index contributed by atoms with van der Waals surface area (Å²) in [5, 5.41) is 14.7. The molecule has 0 aromatic heterocycles. The van der Waals surface area contributed by atoms with Crippen LogP contribution in [0.3, 0.4) is 0 Å². The van der Waals surface area contributed by atoms with E-state index in [1.807, 2.05) is 4.90 Å². The minimum Gasteiger partial charge on any atom is -0.480 e. The summed E-state index contributed by atoms with van der Waals surface area (Å²) in [6.07, 6.45) is 1.01. The molecule has 0 unspecified atom stereocenters. The molecule has 0 aliphatic carbocycles. The van der Waals surface area contributed by atoms with Gasteiger partial charge >= 0.3 is 5.97 Å². The fraction of sp³-hybridized carbons (Fsp3) is 0.818. The number of rotatable bonds is 4. The van der Waals surface area contributed by atoms with Crippen molar-refractivity contribution in [3.63, 3.8) is 0 Å². The molecule has 0 saturated carbocycles. The smallest absolute Gasteiger partial charge is 0.328 e. The third-order valence-electron chi connectivity index (χ3n) is 2.79. The fourth-order valence-electron chi connectivity index (χ4n) is 1.70. The molecule has 17 heavy (non-hydrogen) atoms. The summed E-state index contributed by atoms with van der Waals surface area (Å²) in [7, 11) is 0. The van der Waals surface area contributed by atoms with Gasteiger partial charge in [-0.3, -0.25) is 9.69 Å². The Hall–Kier alpha value is -1.14. The van der Waals surface area contributed by atoms with E-state index in [0.717, 1.165) is 32.6 Å². The van der Waals surface area contributed by atoms with E-state index >= 15 is 0 Å². The Morgan fingerprint density at radius 1 is 1.35 bits per heavy atom. The van der Waals surface area contributed by atoms with E-state index in [-0.39, 0.29) is 12.5 Å². The first-order valence-electron chi connectivity index (χ1n) is 5.89. The number of carboxylic acid groups (broad SMARTS) is 1. The third kappa shape index (κ3) is 4.70. The molecule has 1 heterocycles. The van der Waals surface area contributed by atoms with Gasteiger partial charge in [0.2, 0.25) is 5.91 Å². The number of nitrogens with one attached hydrogen (secondary N) is 2. The van der Waals surface area contributed by atoms with Gasteiger partial charge in [0.25, 0.3) is 0 Å². The zero-order chi connectivity index (χ0) is 12.9. The van der Waals surface area contributed by atoms with Gasteiger partial charge in [-0.25, -0.2) is 4.79 Å². The number of nitrogens with zero attached hydrogens (tertiary/aromatic N) is 1. The van der Waals surface area contributed by atoms with Gasteiger partial charge in [0.1, 0.15) is 5.54 Å². The molecule has 0 aromatic rings. The van der Waals surface area contributed by atoms with Crippen LogP contribution in [0.5, 0.6) is 0 Å². The van der Waals surface area contributed by atoms with Crippen LogP contribution in [-0.2, 0) is 9.59 Å². The molecule has 3 N–H and O–H groups in total. The maximum absolute atomic E-state index is 11.7. The highest BCUT2D eigenvalue weighted by atomic mass is 16.4. The van der Waals surface area contributed by atoms with Gasteiger partial charge < -0.3 is 15.7 Å². The van der Waals surface area contributed by atoms with E-state index in [1.165, 1.54) is 13.8 Å². The van der Waals surface area contributed by atoms with Crippen molar-refractivity contribution in [1.29, 1.82) is 0 Å². The molecule has 1 amide bonds. The normalized spacial score (nSPS) is 18.5. The summed E-state index contributed by atoms with van der Waals surface area (Å²) >= 11 is 0. The van der Waals surface area contributed by atoms with Crippen molar-refractivity contribution in [2.75, 3.05) is 32.7 Å². The quantitative estimate of drug-likeness (QED) is 0.606. The Labute approximate surface area is 101 Å². The second kappa shape index (κ2) is 5.97. The van der Waals surface area contributed by atoms with Gasteiger partial charge in [-0.2, -0.15) is 0 Å². The van der Waals surface area contributed by atoms with Crippen molar-refractivity contribution in [3.8, 4) is 0 Å². The minimum absolute atomic E-state index is 0.237. The zero-order valence-corrected chi connectivity index (χ0v) is 10.5. The summed E-state index contributed by atoms with van der Waals surface area (Å²) in [6.45, 7) is 6.76. The summed E-state index contributed by atoms with van der Waals surface area (Å²) in [4.78, 5) is 24.6. The molecule has 98 valence electrons. The van der Waals surface area contributed by atoms with E-state index in [1.54, 1.807) is 0 Å². The maximum Gasteiger partial charge on any atom is 0.328 e. The zero-order valence-electron chi connectivity index (χ0n) is 10.5. The van der Waals surface area contributed by atoms with Gasteiger partial charge in [-0.1, -0.05) is 0 Å². The topological polar surface area (TPSA) is 81.7 Å². The molecule has 0 atom stereocenters. The number of aliphatic carboxylic acids is 1. The van der Waals surface area contributed by atoms with E-state index in [0.29, 0.717) is 0 Å². The number of carboxylic acids is 1. The Morgan fingerprint density at radius 2 is 2.06 bits per heavy atom. The maximum atomic E-state index is 11.7. The SMILES string of the molecule is CC(C)(NC(=O)CN1CCCNCC1)C(=O)O. The monoisotopic (exact) mass is 243 g/mol. The van der Waals surface area contributed by atoms with Crippen LogP contribution in [-0.4, -0.2) is 60.1 Å². The van der Waals surface area contributed by atoms with Crippen LogP contribution in [0.25, 0.3) is 0 Å². The lowest BCUT2D eigenvalue weighted by Crippen LogP contribution is -2.52. The molecule has 1 rings (SSSR count). The molecule has 1 fully saturated rings. The van der Waals surface area contributed by atoms with Crippen LogP contribution in [0, 0.1) is 0 Å². The molecular weight excluding hydrogens is 222 g/mol. The van der Waals surface area contributed by atoms with E-state index in [9.17, 15) is 9.59 Å². The first kappa shape index (κ1) is 13.9. The minimum atomic E-state index is -1.21. The molecule has 0 bridgehead atoms. The van der Waals surface area contributed by atoms with Crippen molar-refractivity contribution in [2.24, 2.45) is 0 Å². The molecule has 0 aromatic carbocycles. The highest BCUT2D eigenvalue weighted by Crippen LogP contribution is 2.02. The summed E-state index contributed by atoms with van der Waals surface area (Å²) in [5.41, 5.74) is -1.21. The van der Waals surface area contributed by atoms with Crippen molar-refractivity contribution in [3.05, 3.63) is 0 Å². The van der Waals surface area contributed by atoms with Crippen LogP contribution < -0.4 is 10.6 Å². The Balaban J connectivity index is 2.40. The van der Waals surface area contributed by atoms with Crippen molar-refractivity contribution >= 4 is 11.9 Å². The van der Waals surface area contributed by atoms with Crippen LogP contribution in [0.2, 0.25) is 0 Å². The van der Waals surface area contributed by atoms with E-state index in [2.05, 4.69) is 10.6 Å². The van der Waals surface area contributed by atoms with Crippen molar-refractivity contribution in [2.45, 2.75) is 25.8 Å². The first-order valence-corrected chi connectivity index (χ1v) is 5.89. The molecule has 0 spiro atoms. The Kier molecular flexibility index (Phi) is 4.89. The first-order chi connectivity index (χ1) is 7.92. The largest absolute Gasteiger partial charge is 0.480 e. The lowest BCUT2D eigenvalue weighted by Gasteiger charge is -2.24. The van der Waals surface area contributed by atoms with Gasteiger partial charge in [0.15, 0.2) is 0 Å². The number of amides is 1. The molecule has 0 radical (unpaired) electrons. The van der Waals surface area contributed by atoms with Crippen LogP contribution in [0.4, 0.5) is 0 Å². The lowest BCUT2D eigenvalue weighted by molar-refractivity contribution is -0.146. The number of carbonyl (C=O) groups excluding carboxylic acids is 1. The van der Waals surface area contributed by atoms with Crippen LogP contribution in [0.1, 0.15) is 20.3 Å². The van der Waals surface area contributed by atoms with Gasteiger partial charge in [-0.15, -0.1) is 0 Å². The lowest BCUT2D eigenvalue weighted by atomic mass is 10.1. The predicted octanol–water partition coefficient (Wildman–Crippen LogP) is -0.739. The summed E-state index contributed by atoms with van der Waals surface area (Å²) < 4.78 is 0. The molecule has 1 aliphatic heterocycles. The molecule has 1 aliphatic rings. The second-order valence-electron chi connectivity index (χ2n) is 4.86. The molecular formula is C11H21N3O3. The predicted molar refractivity (Wildman–Crippen MR) is 63.8 cm³/mol. The average molecular weight is 243 g/mol. The molecule has 6 nitrogen and oxygen atoms in total. The van der Waals surface area contributed by atoms with Crippen molar-refractivity contribution < 1.29 is 14.7 Å². The standard InChI is InChI=1S/C11H21N3O3/c1-11(2,10(16)17)13-9(15)8-14-6-3-4-12-5-7-14/h12H,3-8H2,1-2H3,(H,13,15)(H,16,17). The number of hydrogen-bond donors (Lipinski definition) is 3. The number of carbonyl (C=O) groups is 2. The van der Waals surface area contributed by atoms with Crippen LogP contribution >= 0.6 is 0 Å². The van der Waals surface area contributed by atoms with Gasteiger partial charge in [0, 0.05) is 13.1 Å². The molecule has 1 saturated heterocycles. The molecule has 6 heteroatoms. The third-order valence-corrected chi connectivity index (χ3v) is 2.79. The Morgan fingerprint density at radius 3 is 2.71 bits per heavy atom. The van der Waals surface area contributed by atoms with Gasteiger partial charge in [0.05, 0.1) is 6.54 Å². The Bertz CT molecular complexity index is 284. The van der Waals surface area contributed by atoms with Crippen molar-refractivity contribution in [1.82, 2.24) is 15.5 Å². The van der Waals surface area contributed by atoms with E-state index in [4.69, 9.17) is 5.11 Å².